The second-order valence-electron chi connectivity index (χ2n) is 7.03. The number of carbonyl (C=O) groups is 1. The van der Waals surface area contributed by atoms with Gasteiger partial charge in [-0.2, -0.15) is 0 Å². The van der Waals surface area contributed by atoms with Crippen molar-refractivity contribution >= 4 is 5.97 Å². The largest absolute Gasteiger partial charge is 0.481 e. The fourth-order valence-corrected chi connectivity index (χ4v) is 3.94. The van der Waals surface area contributed by atoms with E-state index in [4.69, 9.17) is 0 Å². The van der Waals surface area contributed by atoms with E-state index in [1.165, 1.54) is 11.1 Å². The number of nitrogens with zero attached hydrogens (tertiary/aromatic N) is 1. The number of hydrogen-bond acceptors (Lipinski definition) is 2. The number of hydrogen-bond donors (Lipinski definition) is 1. The van der Waals surface area contributed by atoms with Crippen molar-refractivity contribution in [3.8, 4) is 0 Å². The molecule has 1 aliphatic rings. The third-order valence-electron chi connectivity index (χ3n) is 5.22. The second kappa shape index (κ2) is 8.82. The zero-order valence-corrected chi connectivity index (χ0v) is 14.7. The van der Waals surface area contributed by atoms with Crippen LogP contribution in [-0.4, -0.2) is 22.0 Å². The molecule has 132 valence electrons. The highest BCUT2D eigenvalue weighted by atomic mass is 16.4. The Morgan fingerprint density at radius 1 is 0.840 bits per heavy atom. The van der Waals surface area contributed by atoms with Crippen LogP contribution in [0.15, 0.2) is 60.7 Å². The summed E-state index contributed by atoms with van der Waals surface area (Å²) in [6, 6.07) is 20.9. The predicted molar refractivity (Wildman–Crippen MR) is 100 cm³/mol. The summed E-state index contributed by atoms with van der Waals surface area (Å²) in [6.07, 6.45) is 5.05. The first-order valence-corrected chi connectivity index (χ1v) is 9.29. The quantitative estimate of drug-likeness (QED) is 0.775. The van der Waals surface area contributed by atoms with Gasteiger partial charge in [-0.1, -0.05) is 79.9 Å². The van der Waals surface area contributed by atoms with Crippen LogP contribution in [0.3, 0.4) is 0 Å². The normalized spacial score (nSPS) is 21.0. The Labute approximate surface area is 150 Å². The first-order valence-electron chi connectivity index (χ1n) is 9.29. The molecule has 1 saturated carbocycles. The number of aliphatic carboxylic acids is 1. The number of carboxylic acid groups (broad SMARTS) is 1. The molecule has 0 aromatic heterocycles. The van der Waals surface area contributed by atoms with Gasteiger partial charge >= 0.3 is 5.97 Å². The van der Waals surface area contributed by atoms with Crippen molar-refractivity contribution in [1.29, 1.82) is 0 Å². The zero-order chi connectivity index (χ0) is 17.5. The average molecular weight is 337 g/mol. The molecule has 0 aliphatic heterocycles. The lowest BCUT2D eigenvalue weighted by molar-refractivity contribution is -0.144. The minimum atomic E-state index is -0.641. The van der Waals surface area contributed by atoms with Crippen LogP contribution in [0.4, 0.5) is 0 Å². The Morgan fingerprint density at radius 3 is 1.88 bits per heavy atom. The minimum Gasteiger partial charge on any atom is -0.481 e. The SMILES string of the molecule is O=C(O)[C@@H]1CCCCC[C@@H]1N(Cc1ccccc1)Cc1ccccc1. The third kappa shape index (κ3) is 4.93. The molecule has 0 saturated heterocycles. The van der Waals surface area contributed by atoms with Gasteiger partial charge in [-0.05, 0) is 24.0 Å². The summed E-state index contributed by atoms with van der Waals surface area (Å²) < 4.78 is 0. The Hall–Kier alpha value is -2.13. The first-order chi connectivity index (χ1) is 12.2. The van der Waals surface area contributed by atoms with Crippen molar-refractivity contribution in [2.75, 3.05) is 0 Å². The summed E-state index contributed by atoms with van der Waals surface area (Å²) in [6.45, 7) is 1.59. The Morgan fingerprint density at radius 2 is 1.36 bits per heavy atom. The fraction of sp³-hybridized carbons (Fsp3) is 0.409. The van der Waals surface area contributed by atoms with Gasteiger partial charge in [0.2, 0.25) is 0 Å². The molecule has 0 unspecified atom stereocenters. The van der Waals surface area contributed by atoms with Crippen molar-refractivity contribution in [2.24, 2.45) is 5.92 Å². The van der Waals surface area contributed by atoms with Crippen molar-refractivity contribution < 1.29 is 9.90 Å². The van der Waals surface area contributed by atoms with Gasteiger partial charge in [0.25, 0.3) is 0 Å². The van der Waals surface area contributed by atoms with Gasteiger partial charge in [0, 0.05) is 19.1 Å². The summed E-state index contributed by atoms with van der Waals surface area (Å²) >= 11 is 0. The van der Waals surface area contributed by atoms with Crippen LogP contribution in [0.5, 0.6) is 0 Å². The maximum atomic E-state index is 11.9. The first kappa shape index (κ1) is 17.7. The van der Waals surface area contributed by atoms with Gasteiger partial charge in [-0.15, -0.1) is 0 Å². The van der Waals surface area contributed by atoms with Crippen LogP contribution in [0.25, 0.3) is 0 Å². The maximum absolute atomic E-state index is 11.9. The molecule has 0 spiro atoms. The Bertz CT molecular complexity index is 615. The molecular weight excluding hydrogens is 310 g/mol. The fourth-order valence-electron chi connectivity index (χ4n) is 3.94. The molecule has 1 N–H and O–H groups in total. The van der Waals surface area contributed by atoms with E-state index >= 15 is 0 Å². The van der Waals surface area contributed by atoms with Crippen molar-refractivity contribution in [3.05, 3.63) is 71.8 Å². The van der Waals surface area contributed by atoms with Gasteiger partial charge in [0.05, 0.1) is 5.92 Å². The molecule has 0 amide bonds. The average Bonchev–Trinajstić information content (AvgIpc) is 2.89. The summed E-state index contributed by atoms with van der Waals surface area (Å²) in [4.78, 5) is 14.3. The molecule has 2 aromatic carbocycles. The number of benzene rings is 2. The predicted octanol–water partition coefficient (Wildman–Crippen LogP) is 4.72. The highest BCUT2D eigenvalue weighted by molar-refractivity contribution is 5.71. The highest BCUT2D eigenvalue weighted by Crippen LogP contribution is 2.30. The van der Waals surface area contributed by atoms with E-state index in [1.807, 2.05) is 12.1 Å². The lowest BCUT2D eigenvalue weighted by Gasteiger charge is -2.35. The molecule has 3 heteroatoms. The molecule has 3 nitrogen and oxygen atoms in total. The van der Waals surface area contributed by atoms with Crippen molar-refractivity contribution in [3.63, 3.8) is 0 Å². The lowest BCUT2D eigenvalue weighted by Crippen LogP contribution is -2.42. The van der Waals surface area contributed by atoms with Gasteiger partial charge in [0.1, 0.15) is 0 Å². The van der Waals surface area contributed by atoms with Crippen LogP contribution in [0.1, 0.15) is 43.2 Å². The lowest BCUT2D eigenvalue weighted by atomic mass is 9.92. The number of rotatable bonds is 6. The standard InChI is InChI=1S/C22H27NO2/c24-22(25)20-14-8-3-9-15-21(20)23(16-18-10-4-1-5-11-18)17-19-12-6-2-7-13-19/h1-2,4-7,10-13,20-21H,3,8-9,14-17H2,(H,24,25)/t20-,21+/m1/s1. The molecule has 1 fully saturated rings. The maximum Gasteiger partial charge on any atom is 0.308 e. The summed E-state index contributed by atoms with van der Waals surface area (Å²) in [5, 5.41) is 9.79. The van der Waals surface area contributed by atoms with Gasteiger partial charge in [-0.25, -0.2) is 0 Å². The third-order valence-corrected chi connectivity index (χ3v) is 5.22. The van der Waals surface area contributed by atoms with E-state index in [2.05, 4.69) is 53.4 Å². The van der Waals surface area contributed by atoms with Gasteiger partial charge < -0.3 is 5.11 Å². The van der Waals surface area contributed by atoms with Crippen LogP contribution in [0, 0.1) is 5.92 Å². The molecule has 2 aromatic rings. The molecule has 1 aliphatic carbocycles. The van der Waals surface area contributed by atoms with E-state index in [-0.39, 0.29) is 12.0 Å². The molecule has 0 bridgehead atoms. The van der Waals surface area contributed by atoms with Crippen LogP contribution in [0.2, 0.25) is 0 Å². The number of carboxylic acids is 1. The van der Waals surface area contributed by atoms with Crippen LogP contribution in [-0.2, 0) is 17.9 Å². The van der Waals surface area contributed by atoms with Crippen molar-refractivity contribution in [2.45, 2.75) is 51.2 Å². The topological polar surface area (TPSA) is 40.5 Å². The van der Waals surface area contributed by atoms with Crippen molar-refractivity contribution in [1.82, 2.24) is 4.90 Å². The van der Waals surface area contributed by atoms with Crippen LogP contribution < -0.4 is 0 Å². The van der Waals surface area contributed by atoms with Crippen LogP contribution >= 0.6 is 0 Å². The molecule has 3 rings (SSSR count). The summed E-state index contributed by atoms with van der Waals surface area (Å²) in [7, 11) is 0. The molecule has 2 atom stereocenters. The summed E-state index contributed by atoms with van der Waals surface area (Å²) in [5.41, 5.74) is 2.48. The molecular formula is C22H27NO2. The van der Waals surface area contributed by atoms with E-state index in [1.54, 1.807) is 0 Å². The minimum absolute atomic E-state index is 0.0976. The van der Waals surface area contributed by atoms with E-state index < -0.39 is 5.97 Å². The van der Waals surface area contributed by atoms with E-state index in [9.17, 15) is 9.90 Å². The Balaban J connectivity index is 1.86. The zero-order valence-electron chi connectivity index (χ0n) is 14.7. The molecule has 25 heavy (non-hydrogen) atoms. The Kier molecular flexibility index (Phi) is 6.24. The van der Waals surface area contributed by atoms with E-state index in [0.717, 1.165) is 45.2 Å². The monoisotopic (exact) mass is 337 g/mol. The summed E-state index contributed by atoms with van der Waals surface area (Å²) in [5.74, 6) is -0.909. The smallest absolute Gasteiger partial charge is 0.308 e. The highest BCUT2D eigenvalue weighted by Gasteiger charge is 2.33. The van der Waals surface area contributed by atoms with Gasteiger partial charge in [0.15, 0.2) is 0 Å². The molecule has 0 heterocycles. The molecule has 0 radical (unpaired) electrons. The second-order valence-corrected chi connectivity index (χ2v) is 7.03. The van der Waals surface area contributed by atoms with E-state index in [0.29, 0.717) is 0 Å². The van der Waals surface area contributed by atoms with Gasteiger partial charge in [-0.3, -0.25) is 9.69 Å².